The summed E-state index contributed by atoms with van der Waals surface area (Å²) in [4.78, 5) is 10.8. The third-order valence-electron chi connectivity index (χ3n) is 1.32. The number of azo groups is 1. The van der Waals surface area contributed by atoms with Gasteiger partial charge in [-0.3, -0.25) is 9.53 Å². The normalized spacial score (nSPS) is 30.5. The summed E-state index contributed by atoms with van der Waals surface area (Å²) < 4.78 is 10.3. The molecule has 1 atom stereocenters. The molecular weight excluding hydrogens is 192 g/mol. The molecule has 0 aliphatic carbocycles. The minimum atomic E-state index is -1.28. The second-order valence-corrected chi connectivity index (χ2v) is 3.99. The molecule has 0 saturated carbocycles. The lowest BCUT2D eigenvalue weighted by atomic mass is 10.3. The van der Waals surface area contributed by atoms with Crippen molar-refractivity contribution in [3.05, 3.63) is 0 Å². The summed E-state index contributed by atoms with van der Waals surface area (Å²) in [5.41, 5.74) is -0.724. The van der Waals surface area contributed by atoms with Crippen LogP contribution in [0.2, 0.25) is 0 Å². The minimum absolute atomic E-state index is 0.439. The van der Waals surface area contributed by atoms with Gasteiger partial charge in [-0.15, -0.1) is 5.11 Å². The molecule has 0 spiro atoms. The zero-order valence-corrected chi connectivity index (χ0v) is 8.84. The van der Waals surface area contributed by atoms with Gasteiger partial charge < -0.3 is 4.74 Å². The van der Waals surface area contributed by atoms with Crippen molar-refractivity contribution in [2.75, 3.05) is 6.26 Å². The van der Waals surface area contributed by atoms with Crippen LogP contribution in [-0.2, 0) is 14.3 Å². The van der Waals surface area contributed by atoms with Crippen LogP contribution in [-0.4, -0.2) is 23.2 Å². The Morgan fingerprint density at radius 3 is 2.38 bits per heavy atom. The first-order chi connectivity index (χ1) is 5.89. The average molecular weight is 204 g/mol. The molecule has 0 aromatic rings. The van der Waals surface area contributed by atoms with E-state index >= 15 is 0 Å². The first-order valence-electron chi connectivity index (χ1n) is 3.78. The maximum Gasteiger partial charge on any atom is 0.387 e. The van der Waals surface area contributed by atoms with Gasteiger partial charge in [0.25, 0.3) is 0 Å². The van der Waals surface area contributed by atoms with E-state index < -0.39 is 16.9 Å². The summed E-state index contributed by atoms with van der Waals surface area (Å²) in [7, 11) is 0. The predicted molar refractivity (Wildman–Crippen MR) is 48.0 cm³/mol. The monoisotopic (exact) mass is 204 g/mol. The highest BCUT2D eigenvalue weighted by atomic mass is 32.2. The largest absolute Gasteiger partial charge is 0.402 e. The average Bonchev–Trinajstić information content (AvgIpc) is 2.26. The molecule has 5 nitrogen and oxygen atoms in total. The summed E-state index contributed by atoms with van der Waals surface area (Å²) in [6.45, 7) is 4.80. The summed E-state index contributed by atoms with van der Waals surface area (Å²) >= 11 is 1.18. The number of carbonyl (C=O) groups excluding carboxylic acids is 1. The second-order valence-electron chi connectivity index (χ2n) is 3.07. The summed E-state index contributed by atoms with van der Waals surface area (Å²) in [6, 6.07) is 0. The number of nitrogens with zero attached hydrogens (tertiary/aromatic N) is 2. The summed E-state index contributed by atoms with van der Waals surface area (Å²) in [5.74, 6) is -0.439. The van der Waals surface area contributed by atoms with Gasteiger partial charge in [-0.25, -0.2) is 0 Å². The van der Waals surface area contributed by atoms with Crippen molar-refractivity contribution in [2.24, 2.45) is 10.2 Å². The Hall–Kier alpha value is -0.620. The fourth-order valence-electron chi connectivity index (χ4n) is 0.885. The maximum absolute atomic E-state index is 10.8. The van der Waals surface area contributed by atoms with Gasteiger partial charge in [0.05, 0.1) is 0 Å². The molecule has 1 aliphatic heterocycles. The lowest BCUT2D eigenvalue weighted by Gasteiger charge is -2.24. The van der Waals surface area contributed by atoms with E-state index in [4.69, 9.17) is 9.47 Å². The van der Waals surface area contributed by atoms with Gasteiger partial charge in [0.1, 0.15) is 0 Å². The number of hydrogen-bond donors (Lipinski definition) is 0. The smallest absolute Gasteiger partial charge is 0.387 e. The van der Waals surface area contributed by atoms with Crippen molar-refractivity contribution in [2.45, 2.75) is 31.7 Å². The Balaban J connectivity index is 2.76. The van der Waals surface area contributed by atoms with Gasteiger partial charge >= 0.3 is 11.2 Å². The van der Waals surface area contributed by atoms with Gasteiger partial charge in [-0.05, 0) is 20.1 Å². The van der Waals surface area contributed by atoms with Crippen molar-refractivity contribution in [3.8, 4) is 0 Å². The van der Waals surface area contributed by atoms with E-state index in [1.165, 1.54) is 18.7 Å². The molecule has 13 heavy (non-hydrogen) atoms. The van der Waals surface area contributed by atoms with E-state index in [1.807, 2.05) is 0 Å². The van der Waals surface area contributed by atoms with Crippen LogP contribution < -0.4 is 0 Å². The molecule has 0 saturated heterocycles. The minimum Gasteiger partial charge on any atom is -0.402 e. The van der Waals surface area contributed by atoms with Crippen LogP contribution in [0.4, 0.5) is 0 Å². The molecule has 1 rings (SSSR count). The molecule has 0 amide bonds. The van der Waals surface area contributed by atoms with Crippen LogP contribution >= 0.6 is 11.8 Å². The standard InChI is InChI=1S/C7H12N2O3S/c1-5(10)11-7(13-4)9-8-6(2,3)12-7/h1-4H3. The van der Waals surface area contributed by atoms with E-state index in [2.05, 4.69) is 10.2 Å². The Morgan fingerprint density at radius 1 is 1.46 bits per heavy atom. The van der Waals surface area contributed by atoms with Gasteiger partial charge in [0, 0.05) is 6.92 Å². The maximum atomic E-state index is 10.8. The number of esters is 1. The lowest BCUT2D eigenvalue weighted by Crippen LogP contribution is -2.34. The molecule has 1 aliphatic rings. The fraction of sp³-hybridized carbons (Fsp3) is 0.857. The molecule has 0 N–H and O–H groups in total. The Morgan fingerprint density at radius 2 is 2.08 bits per heavy atom. The molecule has 74 valence electrons. The Bertz CT molecular complexity index is 254. The van der Waals surface area contributed by atoms with Crippen LogP contribution in [0.3, 0.4) is 0 Å². The molecule has 0 radical (unpaired) electrons. The van der Waals surface area contributed by atoms with Crippen molar-refractivity contribution in [3.63, 3.8) is 0 Å². The highest BCUT2D eigenvalue weighted by molar-refractivity contribution is 7.99. The van der Waals surface area contributed by atoms with Crippen LogP contribution in [0.1, 0.15) is 20.8 Å². The van der Waals surface area contributed by atoms with Gasteiger partial charge in [0.15, 0.2) is 5.72 Å². The quantitative estimate of drug-likeness (QED) is 0.507. The highest BCUT2D eigenvalue weighted by Crippen LogP contribution is 2.39. The number of ether oxygens (including phenoxy) is 2. The number of thioether (sulfide) groups is 1. The van der Waals surface area contributed by atoms with Crippen molar-refractivity contribution < 1.29 is 14.3 Å². The third kappa shape index (κ3) is 2.41. The molecular formula is C7H12N2O3S. The van der Waals surface area contributed by atoms with Crippen molar-refractivity contribution >= 4 is 17.7 Å². The van der Waals surface area contributed by atoms with E-state index in [9.17, 15) is 4.79 Å². The zero-order chi connectivity index (χ0) is 10.1. The number of carbonyl (C=O) groups is 1. The van der Waals surface area contributed by atoms with Gasteiger partial charge in [0.2, 0.25) is 0 Å². The van der Waals surface area contributed by atoms with E-state index in [1.54, 1.807) is 20.1 Å². The predicted octanol–water partition coefficient (Wildman–Crippen LogP) is 1.74. The Kier molecular flexibility index (Phi) is 2.63. The summed E-state index contributed by atoms with van der Waals surface area (Å²) in [5, 5.41) is 6.37. The molecule has 0 fully saturated rings. The Labute approximate surface area is 80.9 Å². The van der Waals surface area contributed by atoms with E-state index in [0.29, 0.717) is 0 Å². The van der Waals surface area contributed by atoms with Crippen LogP contribution in [0.25, 0.3) is 0 Å². The highest BCUT2D eigenvalue weighted by Gasteiger charge is 2.46. The molecule has 0 bridgehead atoms. The summed E-state index contributed by atoms with van der Waals surface area (Å²) in [6.07, 6.45) is 1.74. The van der Waals surface area contributed by atoms with Crippen LogP contribution in [0.15, 0.2) is 10.2 Å². The molecule has 0 aromatic heterocycles. The van der Waals surface area contributed by atoms with Gasteiger partial charge in [-0.2, -0.15) is 5.11 Å². The second kappa shape index (κ2) is 3.26. The van der Waals surface area contributed by atoms with E-state index in [0.717, 1.165) is 0 Å². The topological polar surface area (TPSA) is 60.2 Å². The van der Waals surface area contributed by atoms with Crippen molar-refractivity contribution in [1.29, 1.82) is 0 Å². The lowest BCUT2D eigenvalue weighted by molar-refractivity contribution is -0.199. The first kappa shape index (κ1) is 10.5. The zero-order valence-electron chi connectivity index (χ0n) is 8.03. The van der Waals surface area contributed by atoms with Crippen molar-refractivity contribution in [1.82, 2.24) is 0 Å². The number of hydrogen-bond acceptors (Lipinski definition) is 6. The molecule has 6 heteroatoms. The van der Waals surface area contributed by atoms with E-state index in [-0.39, 0.29) is 0 Å². The molecule has 1 heterocycles. The fourth-order valence-corrected chi connectivity index (χ4v) is 1.50. The van der Waals surface area contributed by atoms with Gasteiger partial charge in [-0.1, -0.05) is 11.8 Å². The van der Waals surface area contributed by atoms with Crippen LogP contribution in [0.5, 0.6) is 0 Å². The number of rotatable bonds is 2. The third-order valence-corrected chi connectivity index (χ3v) is 2.09. The van der Waals surface area contributed by atoms with Crippen LogP contribution in [0, 0.1) is 0 Å². The first-order valence-corrected chi connectivity index (χ1v) is 5.00. The molecule has 0 aromatic carbocycles. The molecule has 1 unspecified atom stereocenters. The SMILES string of the molecule is CSC1(OC(C)=O)N=NC(C)(C)O1.